The summed E-state index contributed by atoms with van der Waals surface area (Å²) < 4.78 is 1.89. The molecule has 1 amide bonds. The van der Waals surface area contributed by atoms with Gasteiger partial charge in [0.1, 0.15) is 0 Å². The van der Waals surface area contributed by atoms with Crippen molar-refractivity contribution in [1.82, 2.24) is 9.88 Å². The monoisotopic (exact) mass is 210 g/mol. The molecular weight excluding hydrogens is 192 g/mol. The van der Waals surface area contributed by atoms with E-state index in [0.29, 0.717) is 13.0 Å². The first-order chi connectivity index (χ1) is 7.13. The van der Waals surface area contributed by atoms with E-state index in [1.165, 1.54) is 0 Å². The van der Waals surface area contributed by atoms with Crippen LogP contribution in [0, 0.1) is 0 Å². The molecule has 2 N–H and O–H groups in total. The van der Waals surface area contributed by atoms with Crippen molar-refractivity contribution in [2.24, 2.45) is 0 Å². The molecule has 84 valence electrons. The highest BCUT2D eigenvalue weighted by Gasteiger charge is 2.04. The minimum atomic E-state index is 0.0127. The molecule has 1 aromatic heterocycles. The average molecular weight is 210 g/mol. The third kappa shape index (κ3) is 3.75. The smallest absolute Gasteiger partial charge is 0.221 e. The molecule has 0 aliphatic carbocycles. The summed E-state index contributed by atoms with van der Waals surface area (Å²) in [6, 6.07) is 3.89. The molecule has 0 fully saturated rings. The van der Waals surface area contributed by atoms with Crippen LogP contribution in [0.3, 0.4) is 0 Å². The average Bonchev–Trinajstić information content (AvgIpc) is 2.60. The van der Waals surface area contributed by atoms with Crippen LogP contribution in [0.25, 0.3) is 0 Å². The number of nitrogens with one attached hydrogen (secondary N) is 1. The molecule has 0 aliphatic heterocycles. The molecule has 15 heavy (non-hydrogen) atoms. The van der Waals surface area contributed by atoms with Crippen molar-refractivity contribution in [1.29, 1.82) is 0 Å². The van der Waals surface area contributed by atoms with E-state index in [9.17, 15) is 4.79 Å². The van der Waals surface area contributed by atoms with Gasteiger partial charge in [-0.2, -0.15) is 0 Å². The van der Waals surface area contributed by atoms with Gasteiger partial charge < -0.3 is 15.0 Å². The predicted molar refractivity (Wildman–Crippen MR) is 58.3 cm³/mol. The second-order valence-electron chi connectivity index (χ2n) is 3.82. The highest BCUT2D eigenvalue weighted by molar-refractivity contribution is 5.76. The van der Waals surface area contributed by atoms with Gasteiger partial charge in [-0.25, -0.2) is 0 Å². The van der Waals surface area contributed by atoms with Crippen molar-refractivity contribution in [3.8, 4) is 0 Å². The number of rotatable bonds is 5. The van der Waals surface area contributed by atoms with Crippen molar-refractivity contribution in [2.45, 2.75) is 39.5 Å². The predicted octanol–water partition coefficient (Wildman–Crippen LogP) is 0.895. The number of carbonyl (C=O) groups is 1. The number of nitrogens with zero attached hydrogens (tertiary/aromatic N) is 1. The van der Waals surface area contributed by atoms with E-state index in [2.05, 4.69) is 5.32 Å². The lowest BCUT2D eigenvalue weighted by Gasteiger charge is -2.10. The van der Waals surface area contributed by atoms with Crippen LogP contribution in [0.2, 0.25) is 0 Å². The highest BCUT2D eigenvalue weighted by atomic mass is 16.3. The van der Waals surface area contributed by atoms with Crippen molar-refractivity contribution >= 4 is 5.91 Å². The molecule has 4 heteroatoms. The highest BCUT2D eigenvalue weighted by Crippen LogP contribution is 2.03. The minimum Gasteiger partial charge on any atom is -0.390 e. The normalized spacial score (nSPS) is 10.7. The number of amides is 1. The van der Waals surface area contributed by atoms with Crippen LogP contribution in [0.5, 0.6) is 0 Å². The molecule has 1 heterocycles. The van der Waals surface area contributed by atoms with Crippen LogP contribution >= 0.6 is 0 Å². The van der Waals surface area contributed by atoms with E-state index in [1.54, 1.807) is 0 Å². The Hall–Kier alpha value is -1.29. The molecule has 4 nitrogen and oxygen atoms in total. The topological polar surface area (TPSA) is 54.3 Å². The Morgan fingerprint density at radius 2 is 2.33 bits per heavy atom. The van der Waals surface area contributed by atoms with Gasteiger partial charge in [0.25, 0.3) is 0 Å². The number of aryl methyl sites for hydroxylation is 1. The van der Waals surface area contributed by atoms with Crippen LogP contribution in [0.4, 0.5) is 0 Å². The summed E-state index contributed by atoms with van der Waals surface area (Å²) in [7, 11) is 0. The van der Waals surface area contributed by atoms with E-state index in [1.807, 2.05) is 36.7 Å². The second-order valence-corrected chi connectivity index (χ2v) is 3.82. The first-order valence-electron chi connectivity index (χ1n) is 5.17. The van der Waals surface area contributed by atoms with E-state index in [-0.39, 0.29) is 18.6 Å². The molecule has 0 unspecified atom stereocenters. The summed E-state index contributed by atoms with van der Waals surface area (Å²) in [5.74, 6) is 0.0441. The zero-order valence-electron chi connectivity index (χ0n) is 9.23. The molecule has 0 spiro atoms. The molecule has 0 saturated carbocycles. The summed E-state index contributed by atoms with van der Waals surface area (Å²) in [6.45, 7) is 4.50. The zero-order chi connectivity index (χ0) is 11.3. The van der Waals surface area contributed by atoms with Gasteiger partial charge in [-0.15, -0.1) is 0 Å². The molecule has 1 rings (SSSR count). The second kappa shape index (κ2) is 5.56. The van der Waals surface area contributed by atoms with Gasteiger partial charge in [0.05, 0.1) is 6.61 Å². The van der Waals surface area contributed by atoms with Crippen molar-refractivity contribution in [3.05, 3.63) is 24.0 Å². The van der Waals surface area contributed by atoms with Gasteiger partial charge >= 0.3 is 0 Å². The summed E-state index contributed by atoms with van der Waals surface area (Å²) in [5, 5.41) is 11.8. The number of hydrogen-bond acceptors (Lipinski definition) is 2. The van der Waals surface area contributed by atoms with Gasteiger partial charge in [0.15, 0.2) is 0 Å². The maximum Gasteiger partial charge on any atom is 0.221 e. The van der Waals surface area contributed by atoms with Crippen LogP contribution in [-0.2, 0) is 17.9 Å². The summed E-state index contributed by atoms with van der Waals surface area (Å²) in [6.07, 6.45) is 2.31. The van der Waals surface area contributed by atoms with Crippen LogP contribution in [0.15, 0.2) is 18.3 Å². The fourth-order valence-electron chi connectivity index (χ4n) is 1.43. The molecule has 0 bridgehead atoms. The van der Waals surface area contributed by atoms with E-state index >= 15 is 0 Å². The lowest BCUT2D eigenvalue weighted by molar-refractivity contribution is -0.121. The number of hydrogen-bond donors (Lipinski definition) is 2. The van der Waals surface area contributed by atoms with Crippen LogP contribution < -0.4 is 5.32 Å². The number of aliphatic hydroxyl groups excluding tert-OH is 1. The Morgan fingerprint density at radius 3 is 2.93 bits per heavy atom. The van der Waals surface area contributed by atoms with Crippen LogP contribution in [0.1, 0.15) is 26.0 Å². The van der Waals surface area contributed by atoms with Gasteiger partial charge in [-0.3, -0.25) is 4.79 Å². The maximum atomic E-state index is 11.4. The molecule has 0 saturated heterocycles. The Labute approximate surface area is 89.9 Å². The molecule has 0 atom stereocenters. The minimum absolute atomic E-state index is 0.0127. The summed E-state index contributed by atoms with van der Waals surface area (Å²) in [4.78, 5) is 11.4. The van der Waals surface area contributed by atoms with Gasteiger partial charge in [0, 0.05) is 30.9 Å². The Kier molecular flexibility index (Phi) is 4.37. The lowest BCUT2D eigenvalue weighted by Crippen LogP contribution is -2.30. The Balaban J connectivity index is 2.40. The summed E-state index contributed by atoms with van der Waals surface area (Å²) >= 11 is 0. The first-order valence-corrected chi connectivity index (χ1v) is 5.17. The number of aromatic nitrogens is 1. The Morgan fingerprint density at radius 1 is 1.60 bits per heavy atom. The van der Waals surface area contributed by atoms with Crippen molar-refractivity contribution in [2.75, 3.05) is 0 Å². The van der Waals surface area contributed by atoms with Crippen LogP contribution in [-0.4, -0.2) is 21.6 Å². The maximum absolute atomic E-state index is 11.4. The molecule has 1 aromatic rings. The fraction of sp³-hybridized carbons (Fsp3) is 0.545. The largest absolute Gasteiger partial charge is 0.390 e. The van der Waals surface area contributed by atoms with Crippen molar-refractivity contribution < 1.29 is 9.90 Å². The molecular formula is C11H18N2O2. The van der Waals surface area contributed by atoms with Gasteiger partial charge in [-0.05, 0) is 26.0 Å². The fourth-order valence-corrected chi connectivity index (χ4v) is 1.43. The molecule has 0 aliphatic rings. The van der Waals surface area contributed by atoms with Crippen molar-refractivity contribution in [3.63, 3.8) is 0 Å². The van der Waals surface area contributed by atoms with Gasteiger partial charge in [0.2, 0.25) is 5.91 Å². The third-order valence-corrected chi connectivity index (χ3v) is 2.11. The summed E-state index contributed by atoms with van der Waals surface area (Å²) in [5.41, 5.74) is 0.840. The SMILES string of the molecule is CC(C)NC(=O)CCn1cccc1CO. The Bertz CT molecular complexity index is 318. The lowest BCUT2D eigenvalue weighted by atomic mass is 10.3. The first kappa shape index (κ1) is 11.8. The van der Waals surface area contributed by atoms with Gasteiger partial charge in [-0.1, -0.05) is 0 Å². The number of aliphatic hydroxyl groups is 1. The molecule has 0 radical (unpaired) electrons. The number of carbonyl (C=O) groups excluding carboxylic acids is 1. The van der Waals surface area contributed by atoms with E-state index in [0.717, 1.165) is 5.69 Å². The third-order valence-electron chi connectivity index (χ3n) is 2.11. The standard InChI is InChI=1S/C11H18N2O2/c1-9(2)12-11(15)5-7-13-6-3-4-10(13)8-14/h3-4,6,9,14H,5,7-8H2,1-2H3,(H,12,15). The quantitative estimate of drug-likeness (QED) is 0.758. The molecule has 0 aromatic carbocycles. The van der Waals surface area contributed by atoms with E-state index < -0.39 is 0 Å². The van der Waals surface area contributed by atoms with E-state index in [4.69, 9.17) is 5.11 Å². The zero-order valence-corrected chi connectivity index (χ0v) is 9.23.